The molecule has 0 amide bonds. The third-order valence-electron chi connectivity index (χ3n) is 4.94. The minimum absolute atomic E-state index is 0.0113. The number of ether oxygens (including phenoxy) is 1. The van der Waals surface area contributed by atoms with Crippen molar-refractivity contribution in [2.75, 3.05) is 19.0 Å². The summed E-state index contributed by atoms with van der Waals surface area (Å²) < 4.78 is 50.8. The molecule has 0 aliphatic carbocycles. The summed E-state index contributed by atoms with van der Waals surface area (Å²) in [5.74, 6) is 0.263. The number of sulfone groups is 1. The fourth-order valence-electron chi connectivity index (χ4n) is 3.19. The van der Waals surface area contributed by atoms with E-state index in [4.69, 9.17) is 20.8 Å². The third kappa shape index (κ3) is 5.02. The lowest BCUT2D eigenvalue weighted by atomic mass is 10.1. The van der Waals surface area contributed by atoms with Crippen molar-refractivity contribution in [2.45, 2.75) is 16.3 Å². The van der Waals surface area contributed by atoms with Crippen molar-refractivity contribution < 1.29 is 22.0 Å². The van der Waals surface area contributed by atoms with E-state index in [2.05, 4.69) is 10.3 Å². The molecule has 1 aromatic heterocycles. The van der Waals surface area contributed by atoms with Gasteiger partial charge in [0, 0.05) is 6.54 Å². The molecule has 0 radical (unpaired) electrons. The Morgan fingerprint density at radius 3 is 2.39 bits per heavy atom. The Hall–Kier alpha value is -3.36. The molecule has 0 fully saturated rings. The Morgan fingerprint density at radius 2 is 1.73 bits per heavy atom. The van der Waals surface area contributed by atoms with E-state index in [-0.39, 0.29) is 21.7 Å². The molecule has 4 rings (SSSR count). The molecule has 6 nitrogen and oxygen atoms in total. The maximum atomic E-state index is 13.3. The summed E-state index contributed by atoms with van der Waals surface area (Å²) in [5.41, 5.74) is 1.48. The number of hydrogen-bond donors (Lipinski definition) is 1. The lowest BCUT2D eigenvalue weighted by molar-refractivity contribution is 0.414. The lowest BCUT2D eigenvalue weighted by Crippen LogP contribution is -2.10. The van der Waals surface area contributed by atoms with Gasteiger partial charge in [0.25, 0.3) is 0 Å². The SMILES string of the molecule is COc1ccc(CCNc2oc(-c3ccccc3Cl)nc2S(=O)(=O)c2ccc(F)cc2)cc1. The first-order valence-corrected chi connectivity index (χ1v) is 11.9. The summed E-state index contributed by atoms with van der Waals surface area (Å²) in [5, 5.41) is 3.11. The van der Waals surface area contributed by atoms with Crippen molar-refractivity contribution in [3.05, 3.63) is 89.2 Å². The van der Waals surface area contributed by atoms with Gasteiger partial charge < -0.3 is 14.5 Å². The van der Waals surface area contributed by atoms with E-state index in [0.717, 1.165) is 23.4 Å². The third-order valence-corrected chi connectivity index (χ3v) is 6.95. The van der Waals surface area contributed by atoms with Crippen molar-refractivity contribution >= 4 is 27.3 Å². The molecule has 0 aliphatic heterocycles. The highest BCUT2D eigenvalue weighted by atomic mass is 35.5. The van der Waals surface area contributed by atoms with Gasteiger partial charge in [0.05, 0.1) is 22.6 Å². The number of oxazole rings is 1. The number of halogens is 2. The quantitative estimate of drug-likeness (QED) is 0.325. The number of nitrogens with one attached hydrogen (secondary N) is 1. The Balaban J connectivity index is 1.66. The maximum Gasteiger partial charge on any atom is 0.233 e. The standard InChI is InChI=1S/C24H20ClFN2O4S/c1-31-18-10-6-16(7-11-18)14-15-27-23-24(33(29,30)19-12-8-17(26)9-13-19)28-22(32-23)20-4-2-3-5-21(20)25/h2-13,27H,14-15H2,1H3. The highest BCUT2D eigenvalue weighted by Crippen LogP contribution is 2.35. The summed E-state index contributed by atoms with van der Waals surface area (Å²) in [6, 6.07) is 18.9. The van der Waals surface area contributed by atoms with Gasteiger partial charge in [-0.05, 0) is 60.5 Å². The summed E-state index contributed by atoms with van der Waals surface area (Å²) in [4.78, 5) is 4.15. The van der Waals surface area contributed by atoms with E-state index < -0.39 is 15.7 Å². The average molecular weight is 487 g/mol. The summed E-state index contributed by atoms with van der Waals surface area (Å²) in [6.07, 6.45) is 0.599. The second-order valence-electron chi connectivity index (χ2n) is 7.12. The van der Waals surface area contributed by atoms with E-state index in [0.29, 0.717) is 23.6 Å². The van der Waals surface area contributed by atoms with Crippen molar-refractivity contribution in [1.82, 2.24) is 4.98 Å². The molecular weight excluding hydrogens is 467 g/mol. The topological polar surface area (TPSA) is 81.4 Å². The lowest BCUT2D eigenvalue weighted by Gasteiger charge is -2.07. The number of hydrogen-bond acceptors (Lipinski definition) is 6. The highest BCUT2D eigenvalue weighted by molar-refractivity contribution is 7.91. The second-order valence-corrected chi connectivity index (χ2v) is 9.39. The fraction of sp³-hybridized carbons (Fsp3) is 0.125. The molecule has 33 heavy (non-hydrogen) atoms. The maximum absolute atomic E-state index is 13.3. The molecular formula is C24H20ClFN2O4S. The van der Waals surface area contributed by atoms with Crippen molar-refractivity contribution in [1.29, 1.82) is 0 Å². The van der Waals surface area contributed by atoms with Gasteiger partial charge in [0.1, 0.15) is 11.6 Å². The smallest absolute Gasteiger partial charge is 0.233 e. The molecule has 1 N–H and O–H groups in total. The van der Waals surface area contributed by atoms with E-state index in [9.17, 15) is 12.8 Å². The van der Waals surface area contributed by atoms with Gasteiger partial charge in [-0.3, -0.25) is 0 Å². The predicted octanol–water partition coefficient (Wildman–Crippen LogP) is 5.63. The molecule has 0 saturated carbocycles. The largest absolute Gasteiger partial charge is 0.497 e. The van der Waals surface area contributed by atoms with Crippen LogP contribution in [-0.4, -0.2) is 27.1 Å². The van der Waals surface area contributed by atoms with Crippen LogP contribution in [0.15, 0.2) is 87.1 Å². The molecule has 170 valence electrons. The van der Waals surface area contributed by atoms with Crippen LogP contribution in [0.5, 0.6) is 5.75 Å². The molecule has 0 spiro atoms. The molecule has 0 atom stereocenters. The van der Waals surface area contributed by atoms with Crippen LogP contribution < -0.4 is 10.1 Å². The monoisotopic (exact) mass is 486 g/mol. The van der Waals surface area contributed by atoms with E-state index in [1.165, 1.54) is 12.1 Å². The Bertz CT molecular complexity index is 1350. The van der Waals surface area contributed by atoms with Gasteiger partial charge >= 0.3 is 0 Å². The van der Waals surface area contributed by atoms with Crippen LogP contribution in [0.1, 0.15) is 5.56 Å². The highest BCUT2D eigenvalue weighted by Gasteiger charge is 2.29. The first-order chi connectivity index (χ1) is 15.9. The van der Waals surface area contributed by atoms with Crippen LogP contribution >= 0.6 is 11.6 Å². The predicted molar refractivity (Wildman–Crippen MR) is 124 cm³/mol. The van der Waals surface area contributed by atoms with Gasteiger partial charge in [-0.25, -0.2) is 12.8 Å². The van der Waals surface area contributed by atoms with E-state index in [1.54, 1.807) is 31.4 Å². The van der Waals surface area contributed by atoms with E-state index >= 15 is 0 Å². The number of methoxy groups -OCH3 is 1. The normalized spacial score (nSPS) is 11.4. The van der Waals surface area contributed by atoms with Gasteiger partial charge in [-0.2, -0.15) is 4.98 Å². The number of aromatic nitrogens is 1. The van der Waals surface area contributed by atoms with Gasteiger partial charge in [-0.1, -0.05) is 35.9 Å². The fourth-order valence-corrected chi connectivity index (χ4v) is 4.68. The zero-order valence-electron chi connectivity index (χ0n) is 17.6. The number of rotatable bonds is 8. The molecule has 0 aliphatic rings. The molecule has 9 heteroatoms. The zero-order valence-corrected chi connectivity index (χ0v) is 19.2. The Kier molecular flexibility index (Phi) is 6.67. The van der Waals surface area contributed by atoms with Crippen LogP contribution in [0, 0.1) is 5.82 Å². The molecule has 0 saturated heterocycles. The summed E-state index contributed by atoms with van der Waals surface area (Å²) in [6.45, 7) is 0.384. The van der Waals surface area contributed by atoms with Gasteiger partial charge in [0.15, 0.2) is 0 Å². The van der Waals surface area contributed by atoms with Crippen molar-refractivity contribution in [3.63, 3.8) is 0 Å². The summed E-state index contributed by atoms with van der Waals surface area (Å²) >= 11 is 6.26. The molecule has 4 aromatic rings. The molecule has 0 bridgehead atoms. The van der Waals surface area contributed by atoms with Gasteiger partial charge in [-0.15, -0.1) is 0 Å². The molecule has 0 unspecified atom stereocenters. The van der Waals surface area contributed by atoms with Crippen LogP contribution in [0.25, 0.3) is 11.5 Å². The Morgan fingerprint density at radius 1 is 1.03 bits per heavy atom. The minimum Gasteiger partial charge on any atom is -0.497 e. The van der Waals surface area contributed by atoms with Crippen molar-refractivity contribution in [3.8, 4) is 17.2 Å². The zero-order chi connectivity index (χ0) is 23.4. The molecule has 3 aromatic carbocycles. The van der Waals surface area contributed by atoms with Crippen molar-refractivity contribution in [2.24, 2.45) is 0 Å². The number of nitrogens with zero attached hydrogens (tertiary/aromatic N) is 1. The second kappa shape index (κ2) is 9.64. The van der Waals surface area contributed by atoms with Crippen LogP contribution in [-0.2, 0) is 16.3 Å². The first kappa shape index (κ1) is 22.8. The van der Waals surface area contributed by atoms with E-state index in [1.807, 2.05) is 24.3 Å². The molecule has 1 heterocycles. The van der Waals surface area contributed by atoms with Crippen LogP contribution in [0.4, 0.5) is 10.3 Å². The number of benzene rings is 3. The van der Waals surface area contributed by atoms with Gasteiger partial charge in [0.2, 0.25) is 26.6 Å². The Labute approximate surface area is 195 Å². The van der Waals surface area contributed by atoms with Crippen LogP contribution in [0.3, 0.4) is 0 Å². The van der Waals surface area contributed by atoms with Crippen LogP contribution in [0.2, 0.25) is 5.02 Å². The summed E-state index contributed by atoms with van der Waals surface area (Å²) in [7, 11) is -2.49. The average Bonchev–Trinajstić information content (AvgIpc) is 3.25. The minimum atomic E-state index is -4.08. The first-order valence-electron chi connectivity index (χ1n) is 10.0. The number of anilines is 1.